The topological polar surface area (TPSA) is 53.8 Å². The van der Waals surface area contributed by atoms with E-state index >= 15 is 0 Å². The van der Waals surface area contributed by atoms with Gasteiger partial charge < -0.3 is 0 Å². The predicted molar refractivity (Wildman–Crippen MR) is 101 cm³/mol. The Bertz CT molecular complexity index is 1250. The van der Waals surface area contributed by atoms with Crippen molar-refractivity contribution in [3.05, 3.63) is 76.8 Å². The zero-order valence-corrected chi connectivity index (χ0v) is 15.0. The number of fused-ring (bicyclic) bond motifs is 2. The Labute approximate surface area is 161 Å². The van der Waals surface area contributed by atoms with Gasteiger partial charge in [-0.05, 0) is 35.0 Å². The molecule has 0 unspecified atom stereocenters. The van der Waals surface area contributed by atoms with Crippen molar-refractivity contribution in [1.82, 2.24) is 4.98 Å². The van der Waals surface area contributed by atoms with Gasteiger partial charge in [0.2, 0.25) is 0 Å². The quantitative estimate of drug-likeness (QED) is 0.402. The molecule has 0 saturated heterocycles. The van der Waals surface area contributed by atoms with Gasteiger partial charge in [-0.2, -0.15) is 18.4 Å². The number of ketones is 1. The van der Waals surface area contributed by atoms with Gasteiger partial charge in [0.15, 0.2) is 11.7 Å². The minimum atomic E-state index is -4.46. The molecule has 3 aromatic carbocycles. The first kappa shape index (κ1) is 18.1. The van der Waals surface area contributed by atoms with Crippen molar-refractivity contribution in [3.8, 4) is 6.07 Å². The van der Waals surface area contributed by atoms with Gasteiger partial charge in [0.25, 0.3) is 0 Å². The van der Waals surface area contributed by atoms with Gasteiger partial charge >= 0.3 is 6.18 Å². The second-order valence-corrected chi connectivity index (χ2v) is 7.28. The summed E-state index contributed by atoms with van der Waals surface area (Å²) in [5.41, 5.74) is -0.0930. The minimum absolute atomic E-state index is 0.190. The minimum Gasteiger partial charge on any atom is -0.292 e. The zero-order valence-electron chi connectivity index (χ0n) is 14.2. The molecule has 1 atom stereocenters. The van der Waals surface area contributed by atoms with Crippen molar-refractivity contribution in [2.45, 2.75) is 12.1 Å². The van der Waals surface area contributed by atoms with Crippen LogP contribution in [0.4, 0.5) is 13.2 Å². The molecular formula is C21H11F3N2OS. The SMILES string of the molecule is N#C[C@H](C(=O)c1ccc2ccccc2c1)c1nc2ccc(C(F)(F)F)cc2s1. The van der Waals surface area contributed by atoms with Crippen molar-refractivity contribution in [3.63, 3.8) is 0 Å². The fraction of sp³-hybridized carbons (Fsp3) is 0.0952. The molecule has 7 heteroatoms. The number of halogens is 3. The summed E-state index contributed by atoms with van der Waals surface area (Å²) < 4.78 is 39.0. The van der Waals surface area contributed by atoms with Crippen LogP contribution in [0.25, 0.3) is 21.0 Å². The summed E-state index contributed by atoms with van der Waals surface area (Å²) in [6.45, 7) is 0. The third-order valence-corrected chi connectivity index (χ3v) is 5.49. The molecular weight excluding hydrogens is 385 g/mol. The zero-order chi connectivity index (χ0) is 19.9. The van der Waals surface area contributed by atoms with Gasteiger partial charge in [-0.1, -0.05) is 36.4 Å². The largest absolute Gasteiger partial charge is 0.416 e. The fourth-order valence-corrected chi connectivity index (χ4v) is 4.03. The molecule has 0 aliphatic heterocycles. The van der Waals surface area contributed by atoms with E-state index in [0.29, 0.717) is 11.1 Å². The molecule has 1 heterocycles. The standard InChI is InChI=1S/C21H11F3N2OS/c22-21(23,24)15-7-8-17-18(10-15)28-20(26-17)16(11-25)19(27)14-6-5-12-3-1-2-4-13(12)9-14/h1-10,16H/t16-/m1/s1. The molecule has 138 valence electrons. The van der Waals surface area contributed by atoms with Crippen molar-refractivity contribution >= 4 is 38.1 Å². The molecule has 0 spiro atoms. The second kappa shape index (κ2) is 6.73. The number of hydrogen-bond acceptors (Lipinski definition) is 4. The molecule has 4 aromatic rings. The summed E-state index contributed by atoms with van der Waals surface area (Å²) in [4.78, 5) is 17.1. The highest BCUT2D eigenvalue weighted by Gasteiger charge is 2.31. The highest BCUT2D eigenvalue weighted by Crippen LogP contribution is 2.35. The maximum atomic E-state index is 12.9. The molecule has 0 amide bonds. The molecule has 0 saturated carbocycles. The van der Waals surface area contributed by atoms with Crippen molar-refractivity contribution < 1.29 is 18.0 Å². The number of benzene rings is 3. The van der Waals surface area contributed by atoms with Crippen LogP contribution < -0.4 is 0 Å². The Balaban J connectivity index is 1.73. The van der Waals surface area contributed by atoms with E-state index in [-0.39, 0.29) is 9.71 Å². The summed E-state index contributed by atoms with van der Waals surface area (Å²) in [5.74, 6) is -1.60. The van der Waals surface area contributed by atoms with Crippen molar-refractivity contribution in [1.29, 1.82) is 5.26 Å². The van der Waals surface area contributed by atoms with Gasteiger partial charge in [-0.25, -0.2) is 4.98 Å². The lowest BCUT2D eigenvalue weighted by Gasteiger charge is -2.06. The Kier molecular flexibility index (Phi) is 4.36. The van der Waals surface area contributed by atoms with Crippen LogP contribution in [0.3, 0.4) is 0 Å². The van der Waals surface area contributed by atoms with E-state index in [4.69, 9.17) is 0 Å². The number of alkyl halides is 3. The number of rotatable bonds is 3. The first-order valence-corrected chi connectivity index (χ1v) is 9.09. The highest BCUT2D eigenvalue weighted by molar-refractivity contribution is 7.18. The summed E-state index contributed by atoms with van der Waals surface area (Å²) in [7, 11) is 0. The first-order valence-electron chi connectivity index (χ1n) is 8.27. The molecule has 0 aliphatic rings. The molecule has 4 rings (SSSR count). The van der Waals surface area contributed by atoms with Crippen LogP contribution in [-0.2, 0) is 6.18 Å². The lowest BCUT2D eigenvalue weighted by molar-refractivity contribution is -0.137. The molecule has 0 aliphatic carbocycles. The van der Waals surface area contributed by atoms with Crippen LogP contribution >= 0.6 is 11.3 Å². The molecule has 0 N–H and O–H groups in total. The highest BCUT2D eigenvalue weighted by atomic mass is 32.1. The number of nitriles is 1. The molecule has 3 nitrogen and oxygen atoms in total. The molecule has 0 fully saturated rings. The maximum Gasteiger partial charge on any atom is 0.416 e. The predicted octanol–water partition coefficient (Wildman–Crippen LogP) is 5.96. The lowest BCUT2D eigenvalue weighted by Crippen LogP contribution is -2.11. The summed E-state index contributed by atoms with van der Waals surface area (Å²) in [6, 6.07) is 17.8. The Morgan fingerprint density at radius 1 is 1.04 bits per heavy atom. The number of hydrogen-bond donors (Lipinski definition) is 0. The van der Waals surface area contributed by atoms with Gasteiger partial charge in [-0.15, -0.1) is 11.3 Å². The molecule has 0 radical (unpaired) electrons. The van der Waals surface area contributed by atoms with E-state index in [2.05, 4.69) is 4.98 Å². The van der Waals surface area contributed by atoms with Gasteiger partial charge in [0.05, 0.1) is 21.8 Å². The molecule has 0 bridgehead atoms. The third kappa shape index (κ3) is 3.23. The number of nitrogens with zero attached hydrogens (tertiary/aromatic N) is 2. The van der Waals surface area contributed by atoms with Gasteiger partial charge in [-0.3, -0.25) is 4.79 Å². The Morgan fingerprint density at radius 3 is 2.50 bits per heavy atom. The van der Waals surface area contributed by atoms with Crippen LogP contribution in [0.2, 0.25) is 0 Å². The Hall–Kier alpha value is -3.24. The van der Waals surface area contributed by atoms with Crippen LogP contribution in [0.15, 0.2) is 60.7 Å². The smallest absolute Gasteiger partial charge is 0.292 e. The van der Waals surface area contributed by atoms with E-state index in [0.717, 1.165) is 34.2 Å². The van der Waals surface area contributed by atoms with E-state index in [1.807, 2.05) is 30.3 Å². The average Bonchev–Trinajstić information content (AvgIpc) is 3.10. The third-order valence-electron chi connectivity index (χ3n) is 4.40. The van der Waals surface area contributed by atoms with E-state index < -0.39 is 23.4 Å². The van der Waals surface area contributed by atoms with E-state index in [1.54, 1.807) is 18.2 Å². The lowest BCUT2D eigenvalue weighted by atomic mass is 9.97. The van der Waals surface area contributed by atoms with Crippen LogP contribution in [0.5, 0.6) is 0 Å². The Morgan fingerprint density at radius 2 is 1.79 bits per heavy atom. The average molecular weight is 396 g/mol. The van der Waals surface area contributed by atoms with Crippen molar-refractivity contribution in [2.24, 2.45) is 0 Å². The fourth-order valence-electron chi connectivity index (χ4n) is 2.98. The summed E-state index contributed by atoms with van der Waals surface area (Å²) in [6.07, 6.45) is -4.46. The summed E-state index contributed by atoms with van der Waals surface area (Å²) in [5, 5.41) is 11.6. The number of carbonyl (C=O) groups is 1. The normalized spacial score (nSPS) is 12.8. The molecule has 1 aromatic heterocycles. The molecule has 28 heavy (non-hydrogen) atoms. The van der Waals surface area contributed by atoms with E-state index in [1.165, 1.54) is 6.07 Å². The van der Waals surface area contributed by atoms with Crippen LogP contribution in [0, 0.1) is 11.3 Å². The van der Waals surface area contributed by atoms with E-state index in [9.17, 15) is 23.2 Å². The number of aromatic nitrogens is 1. The van der Waals surface area contributed by atoms with Gasteiger partial charge in [0, 0.05) is 5.56 Å². The summed E-state index contributed by atoms with van der Waals surface area (Å²) >= 11 is 0.932. The monoisotopic (exact) mass is 396 g/mol. The first-order chi connectivity index (χ1) is 13.4. The maximum absolute atomic E-state index is 12.9. The van der Waals surface area contributed by atoms with Crippen molar-refractivity contribution in [2.75, 3.05) is 0 Å². The van der Waals surface area contributed by atoms with Gasteiger partial charge in [0.1, 0.15) is 5.01 Å². The number of carbonyl (C=O) groups excluding carboxylic acids is 1. The second-order valence-electron chi connectivity index (χ2n) is 6.22. The number of thiazole rings is 1. The van der Waals surface area contributed by atoms with Crippen LogP contribution in [0.1, 0.15) is 26.8 Å². The number of Topliss-reactive ketones (excluding diaryl/α,β-unsaturated/α-hetero) is 1. The van der Waals surface area contributed by atoms with Crippen LogP contribution in [-0.4, -0.2) is 10.8 Å².